The fourth-order valence-corrected chi connectivity index (χ4v) is 5.98. The molecule has 0 N–H and O–H groups in total. The van der Waals surface area contributed by atoms with Gasteiger partial charge in [-0.25, -0.2) is 8.42 Å². The summed E-state index contributed by atoms with van der Waals surface area (Å²) in [7, 11) is -3.69. The Morgan fingerprint density at radius 3 is 2.33 bits per heavy atom. The zero-order valence-electron chi connectivity index (χ0n) is 21.2. The normalized spacial score (nSPS) is 15.1. The van der Waals surface area contributed by atoms with Crippen LogP contribution in [0.15, 0.2) is 59.5 Å². The molecule has 0 radical (unpaired) electrons. The highest BCUT2D eigenvalue weighted by Gasteiger charge is 2.29. The zero-order valence-corrected chi connectivity index (χ0v) is 22.0. The van der Waals surface area contributed by atoms with Gasteiger partial charge in [0.1, 0.15) is 5.60 Å². The van der Waals surface area contributed by atoms with Crippen LogP contribution in [-0.2, 0) is 37.3 Å². The van der Waals surface area contributed by atoms with Gasteiger partial charge in [0.25, 0.3) is 0 Å². The monoisotopic (exact) mass is 511 g/mol. The molecule has 1 aliphatic rings. The number of hydrogen-bond donors (Lipinski definition) is 0. The maximum absolute atomic E-state index is 13.5. The molecule has 1 aromatic heterocycles. The number of esters is 1. The van der Waals surface area contributed by atoms with Crippen molar-refractivity contribution in [1.29, 1.82) is 0 Å². The van der Waals surface area contributed by atoms with E-state index < -0.39 is 15.6 Å². The number of morpholine rings is 1. The van der Waals surface area contributed by atoms with E-state index >= 15 is 0 Å². The van der Waals surface area contributed by atoms with Gasteiger partial charge >= 0.3 is 5.97 Å². The molecular weight excluding hydrogens is 478 g/mol. The van der Waals surface area contributed by atoms with Crippen molar-refractivity contribution in [2.75, 3.05) is 26.3 Å². The van der Waals surface area contributed by atoms with E-state index in [0.717, 1.165) is 16.8 Å². The molecule has 36 heavy (non-hydrogen) atoms. The molecule has 192 valence electrons. The molecule has 1 fully saturated rings. The first-order valence-corrected chi connectivity index (χ1v) is 13.5. The lowest BCUT2D eigenvalue weighted by molar-refractivity contribution is -0.153. The minimum Gasteiger partial charge on any atom is -0.460 e. The van der Waals surface area contributed by atoms with Crippen molar-refractivity contribution < 1.29 is 22.7 Å². The van der Waals surface area contributed by atoms with Gasteiger partial charge in [-0.1, -0.05) is 48.5 Å². The maximum atomic E-state index is 13.5. The third-order valence-electron chi connectivity index (χ3n) is 5.92. The number of carbonyl (C=O) groups is 1. The second kappa shape index (κ2) is 10.5. The fraction of sp³-hybridized carbons (Fsp3) is 0.407. The average Bonchev–Trinajstić information content (AvgIpc) is 3.13. The van der Waals surface area contributed by atoms with Gasteiger partial charge in [0.05, 0.1) is 42.5 Å². The number of hydrogen-bond acceptors (Lipinski definition) is 6. The Bertz CT molecular complexity index is 1320. The number of aromatic nitrogens is 2. The quantitative estimate of drug-likeness (QED) is 0.448. The standard InChI is InChI=1S/C27H33N3O5S/c1-20-23(18-25(31)35-27(2,3)4)26(21-10-6-5-7-11-21)30(28-20)19-22-12-8-9-13-24(22)36(32,33)29-14-16-34-17-15-29/h5-13H,14-19H2,1-4H3. The zero-order chi connectivity index (χ0) is 25.9. The number of ether oxygens (including phenoxy) is 2. The second-order valence-corrected chi connectivity index (χ2v) is 11.7. The molecule has 0 aliphatic carbocycles. The van der Waals surface area contributed by atoms with E-state index in [2.05, 4.69) is 0 Å². The van der Waals surface area contributed by atoms with Crippen molar-refractivity contribution in [2.24, 2.45) is 0 Å². The average molecular weight is 512 g/mol. The summed E-state index contributed by atoms with van der Waals surface area (Å²) in [5.74, 6) is -0.336. The highest BCUT2D eigenvalue weighted by molar-refractivity contribution is 7.89. The lowest BCUT2D eigenvalue weighted by Gasteiger charge is -2.27. The Morgan fingerprint density at radius 2 is 1.67 bits per heavy atom. The molecule has 1 aliphatic heterocycles. The molecule has 0 saturated carbocycles. The van der Waals surface area contributed by atoms with Gasteiger partial charge in [-0.2, -0.15) is 9.40 Å². The van der Waals surface area contributed by atoms with Gasteiger partial charge in [0.15, 0.2) is 0 Å². The van der Waals surface area contributed by atoms with Crippen LogP contribution in [0.1, 0.15) is 37.6 Å². The van der Waals surface area contributed by atoms with E-state index in [1.165, 1.54) is 4.31 Å². The van der Waals surface area contributed by atoms with Gasteiger partial charge in [-0.3, -0.25) is 9.48 Å². The van der Waals surface area contributed by atoms with Crippen LogP contribution >= 0.6 is 0 Å². The molecule has 4 rings (SSSR count). The summed E-state index contributed by atoms with van der Waals surface area (Å²) in [5, 5.41) is 4.75. The summed E-state index contributed by atoms with van der Waals surface area (Å²) in [4.78, 5) is 13.0. The summed E-state index contributed by atoms with van der Waals surface area (Å²) in [5.41, 5.74) is 3.17. The summed E-state index contributed by atoms with van der Waals surface area (Å²) in [6.45, 7) is 9.02. The predicted molar refractivity (Wildman–Crippen MR) is 137 cm³/mol. The van der Waals surface area contributed by atoms with E-state index in [-0.39, 0.29) is 23.8 Å². The number of aryl methyl sites for hydroxylation is 1. The maximum Gasteiger partial charge on any atom is 0.310 e. The first kappa shape index (κ1) is 26.1. The SMILES string of the molecule is Cc1nn(Cc2ccccc2S(=O)(=O)N2CCOCC2)c(-c2ccccc2)c1CC(=O)OC(C)(C)C. The van der Waals surface area contributed by atoms with Gasteiger partial charge in [-0.05, 0) is 39.3 Å². The highest BCUT2D eigenvalue weighted by atomic mass is 32.2. The van der Waals surface area contributed by atoms with Crippen LogP contribution < -0.4 is 0 Å². The van der Waals surface area contributed by atoms with E-state index in [0.29, 0.717) is 37.6 Å². The van der Waals surface area contributed by atoms with Crippen molar-refractivity contribution in [3.63, 3.8) is 0 Å². The van der Waals surface area contributed by atoms with Crippen molar-refractivity contribution in [3.05, 3.63) is 71.4 Å². The summed E-state index contributed by atoms with van der Waals surface area (Å²) < 4.78 is 41.1. The third-order valence-corrected chi connectivity index (χ3v) is 7.92. The highest BCUT2D eigenvalue weighted by Crippen LogP contribution is 2.30. The van der Waals surface area contributed by atoms with Crippen LogP contribution in [0.5, 0.6) is 0 Å². The van der Waals surface area contributed by atoms with Crippen LogP contribution in [0.2, 0.25) is 0 Å². The van der Waals surface area contributed by atoms with Crippen LogP contribution in [0.4, 0.5) is 0 Å². The van der Waals surface area contributed by atoms with Crippen LogP contribution in [0.25, 0.3) is 11.3 Å². The Kier molecular flexibility index (Phi) is 7.63. The number of sulfonamides is 1. The van der Waals surface area contributed by atoms with Crippen molar-refractivity contribution in [1.82, 2.24) is 14.1 Å². The Morgan fingerprint density at radius 1 is 1.03 bits per heavy atom. The molecule has 0 amide bonds. The molecule has 2 aromatic carbocycles. The summed E-state index contributed by atoms with van der Waals surface area (Å²) >= 11 is 0. The molecule has 1 saturated heterocycles. The van der Waals surface area contributed by atoms with Crippen LogP contribution in [0, 0.1) is 6.92 Å². The topological polar surface area (TPSA) is 90.7 Å². The molecule has 0 unspecified atom stereocenters. The van der Waals surface area contributed by atoms with E-state index in [4.69, 9.17) is 14.6 Å². The smallest absolute Gasteiger partial charge is 0.310 e. The van der Waals surface area contributed by atoms with Gasteiger partial charge in [0, 0.05) is 24.2 Å². The van der Waals surface area contributed by atoms with Crippen molar-refractivity contribution >= 4 is 16.0 Å². The van der Waals surface area contributed by atoms with E-state index in [1.54, 1.807) is 16.8 Å². The molecule has 2 heterocycles. The molecule has 9 heteroatoms. The summed E-state index contributed by atoms with van der Waals surface area (Å²) in [6, 6.07) is 16.7. The lowest BCUT2D eigenvalue weighted by atomic mass is 10.0. The Hall–Kier alpha value is -3.01. The second-order valence-electron chi connectivity index (χ2n) is 9.82. The molecule has 3 aromatic rings. The first-order chi connectivity index (χ1) is 17.1. The number of benzene rings is 2. The molecule has 8 nitrogen and oxygen atoms in total. The Balaban J connectivity index is 1.75. The molecule has 0 atom stereocenters. The number of carbonyl (C=O) groups excluding carboxylic acids is 1. The minimum atomic E-state index is -3.69. The van der Waals surface area contributed by atoms with Crippen molar-refractivity contribution in [3.8, 4) is 11.3 Å². The van der Waals surface area contributed by atoms with Gasteiger partial charge in [0.2, 0.25) is 10.0 Å². The largest absolute Gasteiger partial charge is 0.460 e. The van der Waals surface area contributed by atoms with Crippen molar-refractivity contribution in [2.45, 2.75) is 51.2 Å². The van der Waals surface area contributed by atoms with Gasteiger partial charge < -0.3 is 9.47 Å². The number of nitrogens with zero attached hydrogens (tertiary/aromatic N) is 3. The van der Waals surface area contributed by atoms with Crippen LogP contribution in [0.3, 0.4) is 0 Å². The number of rotatable bonds is 7. The predicted octanol–water partition coefficient (Wildman–Crippen LogP) is 3.81. The van der Waals surface area contributed by atoms with E-state index in [9.17, 15) is 13.2 Å². The fourth-order valence-electron chi connectivity index (χ4n) is 4.36. The minimum absolute atomic E-state index is 0.0705. The molecule has 0 spiro atoms. The van der Waals surface area contributed by atoms with Crippen LogP contribution in [-0.4, -0.2) is 60.4 Å². The van der Waals surface area contributed by atoms with E-state index in [1.807, 2.05) is 70.2 Å². The van der Waals surface area contributed by atoms with Gasteiger partial charge in [-0.15, -0.1) is 0 Å². The lowest BCUT2D eigenvalue weighted by Crippen LogP contribution is -2.41. The molecule has 0 bridgehead atoms. The molecular formula is C27H33N3O5S. The third kappa shape index (κ3) is 5.86. The first-order valence-electron chi connectivity index (χ1n) is 12.1. The summed E-state index contributed by atoms with van der Waals surface area (Å²) in [6.07, 6.45) is 0.0705. The Labute approximate surface area is 212 Å².